The van der Waals surface area contributed by atoms with E-state index in [9.17, 15) is 18.0 Å². The Hall–Kier alpha value is -2.96. The Labute approximate surface area is 173 Å². The van der Waals surface area contributed by atoms with Crippen LogP contribution < -0.4 is 10.1 Å². The van der Waals surface area contributed by atoms with E-state index in [1.807, 2.05) is 18.2 Å². The Morgan fingerprint density at radius 1 is 1.07 bits per heavy atom. The van der Waals surface area contributed by atoms with Gasteiger partial charge in [0.05, 0.1) is 5.41 Å². The number of hydrogen-bond acceptors (Lipinski definition) is 2. The van der Waals surface area contributed by atoms with Crippen LogP contribution in [0.1, 0.15) is 46.3 Å². The number of H-pyrrole nitrogens is 1. The zero-order valence-corrected chi connectivity index (χ0v) is 17.0. The van der Waals surface area contributed by atoms with Gasteiger partial charge in [-0.2, -0.15) is 0 Å². The maximum absolute atomic E-state index is 13.0. The standard InChI is InChI=1S/C23H23F3N2O2.H2/c1-21(2,3)19-13-14-12-16(6-9-18(14)28-19)27-20(29)22(10-11-22)15-4-7-17(8-5-15)30-23(24,25)26;/h4-9,12-13,28H,10-11H2,1-3H3,(H,27,29);1H. The Morgan fingerprint density at radius 3 is 2.30 bits per heavy atom. The lowest BCUT2D eigenvalue weighted by Gasteiger charge is -2.17. The van der Waals surface area contributed by atoms with Crippen LogP contribution in [0.5, 0.6) is 5.75 Å². The highest BCUT2D eigenvalue weighted by Crippen LogP contribution is 2.49. The quantitative estimate of drug-likeness (QED) is 0.524. The summed E-state index contributed by atoms with van der Waals surface area (Å²) in [7, 11) is 0. The molecular weight excluding hydrogens is 393 g/mol. The Balaban J connectivity index is 0.00000272. The number of fused-ring (bicyclic) bond motifs is 1. The van der Waals surface area contributed by atoms with Crippen LogP contribution in [0.4, 0.5) is 18.9 Å². The molecular formula is C23H25F3N2O2. The fourth-order valence-electron chi connectivity index (χ4n) is 3.61. The van der Waals surface area contributed by atoms with Crippen LogP contribution in [-0.4, -0.2) is 17.3 Å². The number of rotatable bonds is 4. The van der Waals surface area contributed by atoms with Crippen LogP contribution in [0.25, 0.3) is 10.9 Å². The third-order valence-electron chi connectivity index (χ3n) is 5.51. The number of ether oxygens (including phenoxy) is 1. The highest BCUT2D eigenvalue weighted by molar-refractivity contribution is 6.02. The van der Waals surface area contributed by atoms with Gasteiger partial charge in [-0.3, -0.25) is 4.79 Å². The molecule has 7 heteroatoms. The summed E-state index contributed by atoms with van der Waals surface area (Å²) in [6, 6.07) is 13.3. The van der Waals surface area contributed by atoms with Gasteiger partial charge < -0.3 is 15.0 Å². The summed E-state index contributed by atoms with van der Waals surface area (Å²) in [6.07, 6.45) is -3.43. The van der Waals surface area contributed by atoms with E-state index in [1.54, 1.807) is 0 Å². The van der Waals surface area contributed by atoms with E-state index < -0.39 is 11.8 Å². The van der Waals surface area contributed by atoms with Crippen molar-refractivity contribution in [3.05, 3.63) is 59.8 Å². The second-order valence-electron chi connectivity index (χ2n) is 8.84. The van der Waals surface area contributed by atoms with Crippen molar-refractivity contribution in [1.29, 1.82) is 0 Å². The van der Waals surface area contributed by atoms with E-state index in [2.05, 4.69) is 41.9 Å². The Kier molecular flexibility index (Phi) is 4.60. The minimum atomic E-state index is -4.74. The number of nitrogens with one attached hydrogen (secondary N) is 2. The first-order chi connectivity index (χ1) is 14.0. The molecule has 0 saturated heterocycles. The smallest absolute Gasteiger partial charge is 0.406 e. The largest absolute Gasteiger partial charge is 0.573 e. The minimum Gasteiger partial charge on any atom is -0.406 e. The van der Waals surface area contributed by atoms with Gasteiger partial charge in [0.1, 0.15) is 5.75 Å². The van der Waals surface area contributed by atoms with E-state index in [1.165, 1.54) is 24.3 Å². The number of carbonyl (C=O) groups excluding carboxylic acids is 1. The van der Waals surface area contributed by atoms with Crippen LogP contribution in [0.15, 0.2) is 48.5 Å². The van der Waals surface area contributed by atoms with Crippen molar-refractivity contribution in [2.45, 2.75) is 50.8 Å². The van der Waals surface area contributed by atoms with Gasteiger partial charge in [0, 0.05) is 29.1 Å². The molecule has 0 unspecified atom stereocenters. The Morgan fingerprint density at radius 2 is 1.73 bits per heavy atom. The molecule has 2 aromatic carbocycles. The van der Waals surface area contributed by atoms with E-state index in [0.717, 1.165) is 16.6 Å². The van der Waals surface area contributed by atoms with Crippen molar-refractivity contribution in [2.24, 2.45) is 0 Å². The number of alkyl halides is 3. The first-order valence-electron chi connectivity index (χ1n) is 9.77. The molecule has 1 fully saturated rings. The summed E-state index contributed by atoms with van der Waals surface area (Å²) in [4.78, 5) is 16.4. The maximum atomic E-state index is 13.0. The minimum absolute atomic E-state index is 0. The molecule has 3 aromatic rings. The van der Waals surface area contributed by atoms with Crippen molar-refractivity contribution >= 4 is 22.5 Å². The van der Waals surface area contributed by atoms with E-state index in [-0.39, 0.29) is 18.5 Å². The molecule has 1 aromatic heterocycles. The van der Waals surface area contributed by atoms with Crippen LogP contribution in [0.2, 0.25) is 0 Å². The second-order valence-corrected chi connectivity index (χ2v) is 8.84. The molecule has 30 heavy (non-hydrogen) atoms. The molecule has 1 aliphatic carbocycles. The lowest BCUT2D eigenvalue weighted by atomic mass is 9.92. The molecule has 2 N–H and O–H groups in total. The number of hydrogen-bond donors (Lipinski definition) is 2. The first-order valence-corrected chi connectivity index (χ1v) is 9.77. The molecule has 1 amide bonds. The summed E-state index contributed by atoms with van der Waals surface area (Å²) in [5, 5.41) is 3.98. The van der Waals surface area contributed by atoms with Gasteiger partial charge in [0.15, 0.2) is 0 Å². The van der Waals surface area contributed by atoms with Gasteiger partial charge in [-0.15, -0.1) is 13.2 Å². The molecule has 0 atom stereocenters. The predicted octanol–water partition coefficient (Wildman–Crippen LogP) is 6.28. The number of benzene rings is 2. The average molecular weight is 418 g/mol. The van der Waals surface area contributed by atoms with Gasteiger partial charge in [-0.1, -0.05) is 32.9 Å². The third kappa shape index (κ3) is 4.01. The summed E-state index contributed by atoms with van der Waals surface area (Å²) >= 11 is 0. The average Bonchev–Trinajstić information content (AvgIpc) is 3.33. The molecule has 4 nitrogen and oxygen atoms in total. The maximum Gasteiger partial charge on any atom is 0.573 e. The molecule has 0 bridgehead atoms. The summed E-state index contributed by atoms with van der Waals surface area (Å²) in [6.45, 7) is 6.38. The van der Waals surface area contributed by atoms with Crippen molar-refractivity contribution in [3.8, 4) is 5.75 Å². The van der Waals surface area contributed by atoms with Crippen molar-refractivity contribution in [2.75, 3.05) is 5.32 Å². The summed E-state index contributed by atoms with van der Waals surface area (Å²) in [5.41, 5.74) is 2.77. The number of halogens is 3. The van der Waals surface area contributed by atoms with E-state index in [4.69, 9.17) is 0 Å². The first kappa shape index (κ1) is 20.3. The molecule has 0 aliphatic heterocycles. The van der Waals surface area contributed by atoms with Crippen molar-refractivity contribution < 1.29 is 24.1 Å². The van der Waals surface area contributed by atoms with Crippen LogP contribution in [-0.2, 0) is 15.6 Å². The van der Waals surface area contributed by atoms with Gasteiger partial charge in [0.25, 0.3) is 0 Å². The molecule has 1 saturated carbocycles. The van der Waals surface area contributed by atoms with Crippen molar-refractivity contribution in [1.82, 2.24) is 4.98 Å². The van der Waals surface area contributed by atoms with E-state index in [0.29, 0.717) is 24.1 Å². The zero-order chi connectivity index (χ0) is 21.7. The van der Waals surface area contributed by atoms with Crippen LogP contribution in [0.3, 0.4) is 0 Å². The Bertz CT molecular complexity index is 1090. The monoisotopic (exact) mass is 418 g/mol. The highest BCUT2D eigenvalue weighted by atomic mass is 19.4. The number of carbonyl (C=O) groups is 1. The van der Waals surface area contributed by atoms with Gasteiger partial charge in [-0.25, -0.2) is 0 Å². The molecule has 1 aliphatic rings. The number of aromatic amines is 1. The normalized spacial score (nSPS) is 15.8. The molecule has 0 radical (unpaired) electrons. The second kappa shape index (κ2) is 6.79. The summed E-state index contributed by atoms with van der Waals surface area (Å²) in [5.74, 6) is -0.451. The molecule has 4 rings (SSSR count). The third-order valence-corrected chi connectivity index (χ3v) is 5.51. The predicted molar refractivity (Wildman–Crippen MR) is 112 cm³/mol. The van der Waals surface area contributed by atoms with E-state index >= 15 is 0 Å². The van der Waals surface area contributed by atoms with Crippen molar-refractivity contribution in [3.63, 3.8) is 0 Å². The fraction of sp³-hybridized carbons (Fsp3) is 0.348. The number of anilines is 1. The zero-order valence-electron chi connectivity index (χ0n) is 17.0. The van der Waals surface area contributed by atoms with Crippen LogP contribution >= 0.6 is 0 Å². The van der Waals surface area contributed by atoms with Gasteiger partial charge >= 0.3 is 6.36 Å². The van der Waals surface area contributed by atoms with Gasteiger partial charge in [-0.05, 0) is 54.8 Å². The highest BCUT2D eigenvalue weighted by Gasteiger charge is 2.51. The van der Waals surface area contributed by atoms with Crippen LogP contribution in [0, 0.1) is 0 Å². The topological polar surface area (TPSA) is 54.1 Å². The molecule has 0 spiro atoms. The number of amides is 1. The summed E-state index contributed by atoms with van der Waals surface area (Å²) < 4.78 is 41.0. The lowest BCUT2D eigenvalue weighted by Crippen LogP contribution is -2.27. The SMILES string of the molecule is CC(C)(C)c1cc2cc(NC(=O)C3(c4ccc(OC(F)(F)F)cc4)CC3)ccc2[nH]1.[HH]. The van der Waals surface area contributed by atoms with Gasteiger partial charge in [0.2, 0.25) is 5.91 Å². The number of aromatic nitrogens is 1. The fourth-order valence-corrected chi connectivity index (χ4v) is 3.61. The lowest BCUT2D eigenvalue weighted by molar-refractivity contribution is -0.274. The molecule has 1 heterocycles. The molecule has 160 valence electrons.